The number of anilines is 1. The lowest BCUT2D eigenvalue weighted by Gasteiger charge is -2.17. The topological polar surface area (TPSA) is 46.3 Å². The predicted octanol–water partition coefficient (Wildman–Crippen LogP) is 2.82. The maximum Gasteiger partial charge on any atom is 0.254 e. The van der Waals surface area contributed by atoms with Crippen LogP contribution in [0.4, 0.5) is 14.5 Å². The van der Waals surface area contributed by atoms with Crippen molar-refractivity contribution in [2.24, 2.45) is 0 Å². The molecule has 0 saturated carbocycles. The second kappa shape index (κ2) is 5.69. The molecule has 2 aromatic rings. The van der Waals surface area contributed by atoms with Gasteiger partial charge < -0.3 is 10.6 Å². The minimum atomic E-state index is -1.03. The number of rotatable bonds is 3. The fourth-order valence-electron chi connectivity index (χ4n) is 1.89. The van der Waals surface area contributed by atoms with Gasteiger partial charge in [-0.05, 0) is 35.9 Å². The van der Waals surface area contributed by atoms with Crippen molar-refractivity contribution in [3.05, 3.63) is 65.2 Å². The summed E-state index contributed by atoms with van der Waals surface area (Å²) in [6, 6.07) is 10.2. The first-order valence-corrected chi connectivity index (χ1v) is 6.02. The summed E-state index contributed by atoms with van der Waals surface area (Å²) in [5, 5.41) is 0. The molecule has 104 valence electrons. The van der Waals surface area contributed by atoms with Crippen LogP contribution in [0, 0.1) is 11.6 Å². The van der Waals surface area contributed by atoms with E-state index in [4.69, 9.17) is 5.73 Å². The highest BCUT2D eigenvalue weighted by molar-refractivity contribution is 5.94. The fraction of sp³-hybridized carbons (Fsp3) is 0.133. The largest absolute Gasteiger partial charge is 0.399 e. The third kappa shape index (κ3) is 3.12. The quantitative estimate of drug-likeness (QED) is 0.876. The average molecular weight is 276 g/mol. The highest BCUT2D eigenvalue weighted by atomic mass is 19.2. The fourth-order valence-corrected chi connectivity index (χ4v) is 1.89. The van der Waals surface area contributed by atoms with E-state index in [1.54, 1.807) is 25.2 Å². The average Bonchev–Trinajstić information content (AvgIpc) is 2.41. The van der Waals surface area contributed by atoms with E-state index in [9.17, 15) is 13.6 Å². The number of hydrogen-bond donors (Lipinski definition) is 1. The number of halogens is 2. The molecule has 3 nitrogen and oxygen atoms in total. The van der Waals surface area contributed by atoms with Crippen molar-refractivity contribution < 1.29 is 13.6 Å². The number of nitrogen functional groups attached to an aromatic ring is 1. The van der Waals surface area contributed by atoms with Gasteiger partial charge in [-0.1, -0.05) is 12.1 Å². The number of carbonyl (C=O) groups excluding carboxylic acids is 1. The normalized spacial score (nSPS) is 10.3. The molecule has 0 aliphatic heterocycles. The van der Waals surface area contributed by atoms with Crippen molar-refractivity contribution in [3.8, 4) is 0 Å². The molecule has 0 unspecified atom stereocenters. The lowest BCUT2D eigenvalue weighted by atomic mass is 10.1. The molecule has 2 N–H and O–H groups in total. The Balaban J connectivity index is 2.14. The van der Waals surface area contributed by atoms with Crippen molar-refractivity contribution in [1.82, 2.24) is 4.90 Å². The lowest BCUT2D eigenvalue weighted by molar-refractivity contribution is 0.0784. The van der Waals surface area contributed by atoms with Crippen LogP contribution in [0.5, 0.6) is 0 Å². The van der Waals surface area contributed by atoms with E-state index in [1.165, 1.54) is 11.0 Å². The van der Waals surface area contributed by atoms with Crippen LogP contribution in [-0.4, -0.2) is 17.9 Å². The summed E-state index contributed by atoms with van der Waals surface area (Å²) in [5.41, 5.74) is 7.24. The summed E-state index contributed by atoms with van der Waals surface area (Å²) in [4.78, 5) is 13.5. The molecule has 0 bridgehead atoms. The zero-order valence-corrected chi connectivity index (χ0v) is 10.9. The van der Waals surface area contributed by atoms with Gasteiger partial charge in [0.25, 0.3) is 5.91 Å². The van der Waals surface area contributed by atoms with Gasteiger partial charge >= 0.3 is 0 Å². The molecule has 0 aliphatic rings. The molecular formula is C15H14F2N2O. The summed E-state index contributed by atoms with van der Waals surface area (Å²) in [6.07, 6.45) is 0. The van der Waals surface area contributed by atoms with Gasteiger partial charge in [0.05, 0.1) is 0 Å². The number of carbonyl (C=O) groups is 1. The molecule has 0 aliphatic carbocycles. The number of benzene rings is 2. The highest BCUT2D eigenvalue weighted by Crippen LogP contribution is 2.13. The summed E-state index contributed by atoms with van der Waals surface area (Å²) in [6.45, 7) is 0.336. The molecule has 0 fully saturated rings. The van der Waals surface area contributed by atoms with Crippen LogP contribution >= 0.6 is 0 Å². The van der Waals surface area contributed by atoms with Crippen molar-refractivity contribution in [1.29, 1.82) is 0 Å². The minimum absolute atomic E-state index is 0.107. The second-order valence-corrected chi connectivity index (χ2v) is 4.54. The predicted molar refractivity (Wildman–Crippen MR) is 73.0 cm³/mol. The molecule has 0 heterocycles. The van der Waals surface area contributed by atoms with Crippen LogP contribution in [0.15, 0.2) is 42.5 Å². The van der Waals surface area contributed by atoms with E-state index in [-0.39, 0.29) is 11.5 Å². The monoisotopic (exact) mass is 276 g/mol. The van der Waals surface area contributed by atoms with Gasteiger partial charge in [-0.15, -0.1) is 0 Å². The van der Waals surface area contributed by atoms with Gasteiger partial charge in [0, 0.05) is 24.8 Å². The zero-order valence-electron chi connectivity index (χ0n) is 10.9. The Labute approximate surface area is 115 Å². The molecule has 2 rings (SSSR count). The van der Waals surface area contributed by atoms with E-state index < -0.39 is 11.6 Å². The van der Waals surface area contributed by atoms with E-state index in [2.05, 4.69) is 0 Å². The van der Waals surface area contributed by atoms with Crippen LogP contribution < -0.4 is 5.73 Å². The van der Waals surface area contributed by atoms with Crippen LogP contribution in [0.2, 0.25) is 0 Å². The third-order valence-corrected chi connectivity index (χ3v) is 2.88. The summed E-state index contributed by atoms with van der Waals surface area (Å²) in [7, 11) is 1.59. The summed E-state index contributed by atoms with van der Waals surface area (Å²) >= 11 is 0. The van der Waals surface area contributed by atoms with Gasteiger partial charge in [-0.2, -0.15) is 0 Å². The third-order valence-electron chi connectivity index (χ3n) is 2.88. The minimum Gasteiger partial charge on any atom is -0.399 e. The standard InChI is InChI=1S/C15H14F2N2O/c1-19(9-10-3-2-4-12(18)7-10)15(20)11-5-6-13(16)14(17)8-11/h2-8H,9,18H2,1H3. The first-order chi connectivity index (χ1) is 9.47. The maximum absolute atomic E-state index is 13.1. The van der Waals surface area contributed by atoms with Crippen LogP contribution in [0.25, 0.3) is 0 Å². The number of amides is 1. The first-order valence-electron chi connectivity index (χ1n) is 6.02. The molecule has 0 aromatic heterocycles. The number of hydrogen-bond acceptors (Lipinski definition) is 2. The Kier molecular flexibility index (Phi) is 3.98. The van der Waals surface area contributed by atoms with Crippen molar-refractivity contribution in [2.45, 2.75) is 6.54 Å². The van der Waals surface area contributed by atoms with Crippen molar-refractivity contribution >= 4 is 11.6 Å². The first kappa shape index (κ1) is 14.0. The Hall–Kier alpha value is -2.43. The summed E-state index contributed by atoms with van der Waals surface area (Å²) in [5.74, 6) is -2.39. The molecule has 0 spiro atoms. The van der Waals surface area contributed by atoms with E-state index in [0.29, 0.717) is 12.2 Å². The SMILES string of the molecule is CN(Cc1cccc(N)c1)C(=O)c1ccc(F)c(F)c1. The molecule has 0 saturated heterocycles. The number of nitrogens with two attached hydrogens (primary N) is 1. The van der Waals surface area contributed by atoms with Crippen molar-refractivity contribution in [2.75, 3.05) is 12.8 Å². The van der Waals surface area contributed by atoms with Crippen LogP contribution in [-0.2, 0) is 6.54 Å². The van der Waals surface area contributed by atoms with Crippen LogP contribution in [0.3, 0.4) is 0 Å². The molecule has 20 heavy (non-hydrogen) atoms. The zero-order chi connectivity index (χ0) is 14.7. The Morgan fingerprint density at radius 1 is 1.15 bits per heavy atom. The Bertz CT molecular complexity index is 644. The Morgan fingerprint density at radius 3 is 2.55 bits per heavy atom. The van der Waals surface area contributed by atoms with Crippen LogP contribution in [0.1, 0.15) is 15.9 Å². The highest BCUT2D eigenvalue weighted by Gasteiger charge is 2.14. The smallest absolute Gasteiger partial charge is 0.254 e. The maximum atomic E-state index is 13.1. The number of nitrogens with zero attached hydrogens (tertiary/aromatic N) is 1. The van der Waals surface area contributed by atoms with Crippen molar-refractivity contribution in [3.63, 3.8) is 0 Å². The molecular weight excluding hydrogens is 262 g/mol. The molecule has 0 atom stereocenters. The molecule has 1 amide bonds. The molecule has 2 aromatic carbocycles. The lowest BCUT2D eigenvalue weighted by Crippen LogP contribution is -2.26. The molecule has 0 radical (unpaired) electrons. The Morgan fingerprint density at radius 2 is 1.90 bits per heavy atom. The van der Waals surface area contributed by atoms with Gasteiger partial charge in [0.2, 0.25) is 0 Å². The second-order valence-electron chi connectivity index (χ2n) is 4.54. The van der Waals surface area contributed by atoms with E-state index in [1.807, 2.05) is 6.07 Å². The van der Waals surface area contributed by atoms with Gasteiger partial charge in [-0.3, -0.25) is 4.79 Å². The summed E-state index contributed by atoms with van der Waals surface area (Å²) < 4.78 is 26.0. The molecule has 5 heteroatoms. The van der Waals surface area contributed by atoms with E-state index >= 15 is 0 Å². The van der Waals surface area contributed by atoms with Gasteiger partial charge in [0.1, 0.15) is 0 Å². The van der Waals surface area contributed by atoms with Gasteiger partial charge in [0.15, 0.2) is 11.6 Å². The van der Waals surface area contributed by atoms with Gasteiger partial charge in [-0.25, -0.2) is 8.78 Å². The van der Waals surface area contributed by atoms with E-state index in [0.717, 1.165) is 17.7 Å².